The van der Waals surface area contributed by atoms with Crippen molar-refractivity contribution in [1.29, 1.82) is 0 Å². The van der Waals surface area contributed by atoms with Crippen LogP contribution in [0.3, 0.4) is 0 Å². The second-order valence-electron chi connectivity index (χ2n) is 16.1. The van der Waals surface area contributed by atoms with Crippen molar-refractivity contribution >= 4 is 49.8 Å². The van der Waals surface area contributed by atoms with Crippen molar-refractivity contribution in [2.45, 2.75) is 38.5 Å². The molecule has 1 aromatic heterocycles. The van der Waals surface area contributed by atoms with Gasteiger partial charge in [-0.15, -0.1) is 0 Å². The zero-order valence-corrected chi connectivity index (χ0v) is 30.9. The Bertz CT molecular complexity index is 3010. The summed E-state index contributed by atoms with van der Waals surface area (Å²) in [5.74, 6) is 0. The largest absolute Gasteiger partial charge is 0.455 e. The standard InChI is InChI=1S/C52H39NO/c1-51(2)43-22-9-7-18-38(43)40-29-27-35(31-45(40)51)53(46-24-13-25-47-48(46)42-28-26-32-14-5-6-17-37(32)50(42)54-47)34-16-11-15-33(30-34)36-20-12-21-41-39-19-8-10-23-44(39)52(3,4)49(36)41/h5-31H,1-4H3. The van der Waals surface area contributed by atoms with Gasteiger partial charge in [0.1, 0.15) is 11.2 Å². The molecule has 2 nitrogen and oxygen atoms in total. The van der Waals surface area contributed by atoms with Crippen LogP contribution in [0.15, 0.2) is 168 Å². The SMILES string of the molecule is CC1(C)c2ccccc2-c2ccc(N(c3cccc(-c4cccc5c4C(C)(C)c4ccccc4-5)c3)c3cccc4oc5c6ccccc6ccc5c34)cc21. The second-order valence-corrected chi connectivity index (χ2v) is 16.1. The van der Waals surface area contributed by atoms with Gasteiger partial charge in [0.15, 0.2) is 0 Å². The maximum atomic E-state index is 6.75. The van der Waals surface area contributed by atoms with Crippen LogP contribution in [-0.2, 0) is 10.8 Å². The topological polar surface area (TPSA) is 16.4 Å². The first kappa shape index (κ1) is 31.2. The monoisotopic (exact) mass is 693 g/mol. The van der Waals surface area contributed by atoms with E-state index in [2.05, 4.69) is 196 Å². The molecule has 0 aliphatic heterocycles. The van der Waals surface area contributed by atoms with E-state index in [-0.39, 0.29) is 10.8 Å². The Labute approximate surface area is 315 Å². The minimum atomic E-state index is -0.131. The summed E-state index contributed by atoms with van der Waals surface area (Å²) in [6, 6.07) is 60.3. The van der Waals surface area contributed by atoms with Crippen LogP contribution in [0.5, 0.6) is 0 Å². The van der Waals surface area contributed by atoms with Crippen LogP contribution in [0.2, 0.25) is 0 Å². The molecule has 2 aliphatic carbocycles. The van der Waals surface area contributed by atoms with Crippen LogP contribution < -0.4 is 4.90 Å². The molecule has 0 N–H and O–H groups in total. The van der Waals surface area contributed by atoms with Crippen LogP contribution >= 0.6 is 0 Å². The van der Waals surface area contributed by atoms with Gasteiger partial charge in [0, 0.05) is 33.0 Å². The van der Waals surface area contributed by atoms with Crippen LogP contribution in [-0.4, -0.2) is 0 Å². The molecule has 0 bridgehead atoms. The fourth-order valence-corrected chi connectivity index (χ4v) is 9.88. The summed E-state index contributed by atoms with van der Waals surface area (Å²) in [7, 11) is 0. The first-order valence-corrected chi connectivity index (χ1v) is 19.0. The summed E-state index contributed by atoms with van der Waals surface area (Å²) in [6.07, 6.45) is 0. The van der Waals surface area contributed by atoms with E-state index in [0.717, 1.165) is 44.4 Å². The van der Waals surface area contributed by atoms with Gasteiger partial charge in [-0.05, 0) is 103 Å². The predicted molar refractivity (Wildman–Crippen MR) is 226 cm³/mol. The third-order valence-corrected chi connectivity index (χ3v) is 12.4. The molecule has 0 radical (unpaired) electrons. The highest BCUT2D eigenvalue weighted by atomic mass is 16.3. The Morgan fingerprint density at radius 3 is 1.94 bits per heavy atom. The van der Waals surface area contributed by atoms with Gasteiger partial charge < -0.3 is 9.32 Å². The second kappa shape index (κ2) is 11.1. The van der Waals surface area contributed by atoms with Crippen molar-refractivity contribution in [1.82, 2.24) is 0 Å². The summed E-state index contributed by atoms with van der Waals surface area (Å²) < 4.78 is 6.75. The van der Waals surface area contributed by atoms with Gasteiger partial charge in [0.2, 0.25) is 0 Å². The average Bonchev–Trinajstić information content (AvgIpc) is 3.79. The van der Waals surface area contributed by atoms with Crippen LogP contribution in [0.1, 0.15) is 49.9 Å². The van der Waals surface area contributed by atoms with E-state index >= 15 is 0 Å². The van der Waals surface area contributed by atoms with E-state index in [0.29, 0.717) is 0 Å². The molecule has 1 heterocycles. The molecular formula is C52H39NO. The van der Waals surface area contributed by atoms with Crippen molar-refractivity contribution < 1.29 is 4.42 Å². The fraction of sp³-hybridized carbons (Fsp3) is 0.115. The molecule has 54 heavy (non-hydrogen) atoms. The fourth-order valence-electron chi connectivity index (χ4n) is 9.88. The predicted octanol–water partition coefficient (Wildman–Crippen LogP) is 14.5. The number of fused-ring (bicyclic) bond motifs is 11. The number of furan rings is 1. The minimum Gasteiger partial charge on any atom is -0.455 e. The van der Waals surface area contributed by atoms with Gasteiger partial charge in [-0.25, -0.2) is 0 Å². The molecule has 0 saturated heterocycles. The Hall–Kier alpha value is -6.38. The molecule has 0 unspecified atom stereocenters. The number of hydrogen-bond acceptors (Lipinski definition) is 2. The third kappa shape index (κ3) is 4.23. The molecule has 0 fully saturated rings. The molecule has 2 heteroatoms. The summed E-state index contributed by atoms with van der Waals surface area (Å²) in [6.45, 7) is 9.46. The van der Waals surface area contributed by atoms with Gasteiger partial charge in [0.25, 0.3) is 0 Å². The maximum absolute atomic E-state index is 6.75. The normalized spacial score (nSPS) is 14.6. The molecule has 258 valence electrons. The van der Waals surface area contributed by atoms with E-state index in [1.807, 2.05) is 0 Å². The number of benzene rings is 8. The third-order valence-electron chi connectivity index (χ3n) is 12.4. The molecule has 11 rings (SSSR count). The van der Waals surface area contributed by atoms with Gasteiger partial charge in [0.05, 0.1) is 11.1 Å². The van der Waals surface area contributed by atoms with Gasteiger partial charge in [-0.1, -0.05) is 149 Å². The number of anilines is 3. The lowest BCUT2D eigenvalue weighted by Crippen LogP contribution is -2.17. The number of nitrogens with zero attached hydrogens (tertiary/aromatic N) is 1. The quantitative estimate of drug-likeness (QED) is 0.182. The molecular weight excluding hydrogens is 655 g/mol. The molecule has 9 aromatic rings. The zero-order valence-electron chi connectivity index (χ0n) is 30.9. The first-order chi connectivity index (χ1) is 26.3. The highest BCUT2D eigenvalue weighted by molar-refractivity contribution is 6.19. The van der Waals surface area contributed by atoms with Crippen molar-refractivity contribution in [2.75, 3.05) is 4.90 Å². The van der Waals surface area contributed by atoms with E-state index in [9.17, 15) is 0 Å². The lowest BCUT2D eigenvalue weighted by molar-refractivity contribution is 0.660. The summed E-state index contributed by atoms with van der Waals surface area (Å²) in [4.78, 5) is 2.46. The van der Waals surface area contributed by atoms with E-state index in [4.69, 9.17) is 4.42 Å². The smallest absolute Gasteiger partial charge is 0.143 e. The van der Waals surface area contributed by atoms with Gasteiger partial charge in [-0.2, -0.15) is 0 Å². The van der Waals surface area contributed by atoms with Crippen molar-refractivity contribution in [3.8, 4) is 33.4 Å². The van der Waals surface area contributed by atoms with Gasteiger partial charge in [-0.3, -0.25) is 0 Å². The van der Waals surface area contributed by atoms with Crippen molar-refractivity contribution in [3.63, 3.8) is 0 Å². The Morgan fingerprint density at radius 2 is 1.09 bits per heavy atom. The zero-order chi connectivity index (χ0) is 36.3. The minimum absolute atomic E-state index is 0.122. The Kier molecular flexibility index (Phi) is 6.39. The highest BCUT2D eigenvalue weighted by Gasteiger charge is 2.38. The molecule has 0 amide bonds. The van der Waals surface area contributed by atoms with Crippen LogP contribution in [0.25, 0.3) is 66.1 Å². The molecule has 0 saturated carbocycles. The first-order valence-electron chi connectivity index (χ1n) is 19.0. The average molecular weight is 694 g/mol. The van der Waals surface area contributed by atoms with E-state index in [1.165, 1.54) is 61.0 Å². The lowest BCUT2D eigenvalue weighted by Gasteiger charge is -2.29. The lowest BCUT2D eigenvalue weighted by atomic mass is 9.79. The van der Waals surface area contributed by atoms with E-state index < -0.39 is 0 Å². The number of rotatable bonds is 4. The maximum Gasteiger partial charge on any atom is 0.143 e. The van der Waals surface area contributed by atoms with Crippen molar-refractivity contribution in [3.05, 3.63) is 186 Å². The highest BCUT2D eigenvalue weighted by Crippen LogP contribution is 2.54. The van der Waals surface area contributed by atoms with Crippen LogP contribution in [0.4, 0.5) is 17.1 Å². The molecule has 0 atom stereocenters. The van der Waals surface area contributed by atoms with Gasteiger partial charge >= 0.3 is 0 Å². The molecule has 0 spiro atoms. The van der Waals surface area contributed by atoms with Crippen molar-refractivity contribution in [2.24, 2.45) is 0 Å². The summed E-state index contributed by atoms with van der Waals surface area (Å²) in [5.41, 5.74) is 18.2. The van der Waals surface area contributed by atoms with Crippen LogP contribution in [0, 0.1) is 0 Å². The molecule has 8 aromatic carbocycles. The summed E-state index contributed by atoms with van der Waals surface area (Å²) in [5, 5.41) is 4.54. The number of hydrogen-bond donors (Lipinski definition) is 0. The Morgan fingerprint density at radius 1 is 0.444 bits per heavy atom. The molecule has 2 aliphatic rings. The van der Waals surface area contributed by atoms with E-state index in [1.54, 1.807) is 0 Å². The summed E-state index contributed by atoms with van der Waals surface area (Å²) >= 11 is 0. The Balaban J connectivity index is 1.16.